The zero-order valence-electron chi connectivity index (χ0n) is 22.3. The van der Waals surface area contributed by atoms with Crippen molar-refractivity contribution in [2.75, 3.05) is 13.1 Å². The third-order valence-electron chi connectivity index (χ3n) is 7.54. The van der Waals surface area contributed by atoms with Crippen molar-refractivity contribution in [3.63, 3.8) is 0 Å². The monoisotopic (exact) mass is 576 g/mol. The van der Waals surface area contributed by atoms with Crippen LogP contribution in [0, 0.1) is 12.7 Å². The fourth-order valence-electron chi connectivity index (χ4n) is 5.45. The van der Waals surface area contributed by atoms with Crippen LogP contribution in [0.2, 0.25) is 5.02 Å². The lowest BCUT2D eigenvalue weighted by Crippen LogP contribution is -2.55. The Hall–Kier alpha value is -2.95. The molecular weight excluding hydrogens is 543 g/mol. The summed E-state index contributed by atoms with van der Waals surface area (Å²) in [7, 11) is -4.07. The summed E-state index contributed by atoms with van der Waals surface area (Å²) < 4.78 is 39.1. The molecule has 11 heteroatoms. The van der Waals surface area contributed by atoms with Crippen LogP contribution in [0.15, 0.2) is 42.5 Å². The van der Waals surface area contributed by atoms with Gasteiger partial charge in [0.25, 0.3) is 0 Å². The van der Waals surface area contributed by atoms with Crippen molar-refractivity contribution in [3.05, 3.63) is 75.6 Å². The lowest BCUT2D eigenvalue weighted by molar-refractivity contribution is -0.131. The zero-order chi connectivity index (χ0) is 28.5. The van der Waals surface area contributed by atoms with Gasteiger partial charge in [0.15, 0.2) is 0 Å². The van der Waals surface area contributed by atoms with Gasteiger partial charge in [-0.2, -0.15) is 0 Å². The average Bonchev–Trinajstić information content (AvgIpc) is 3.11. The van der Waals surface area contributed by atoms with Gasteiger partial charge in [-0.15, -0.1) is 0 Å². The number of sulfonamides is 1. The van der Waals surface area contributed by atoms with Gasteiger partial charge >= 0.3 is 6.03 Å². The minimum Gasteiger partial charge on any atom is -0.351 e. The summed E-state index contributed by atoms with van der Waals surface area (Å²) in [6, 6.07) is 9.07. The van der Waals surface area contributed by atoms with E-state index in [1.165, 1.54) is 32.1 Å². The number of nitrogens with one attached hydrogen (secondary N) is 1. The highest BCUT2D eigenvalue weighted by Crippen LogP contribution is 2.32. The van der Waals surface area contributed by atoms with Crippen LogP contribution in [0.25, 0.3) is 6.08 Å². The lowest BCUT2D eigenvalue weighted by Gasteiger charge is -2.40. The summed E-state index contributed by atoms with van der Waals surface area (Å²) in [5, 5.41) is 0.472. The highest BCUT2D eigenvalue weighted by molar-refractivity contribution is 7.91. The number of urea groups is 1. The fourth-order valence-corrected chi connectivity index (χ4v) is 6.52. The number of hydrogen-bond acceptors (Lipinski definition) is 5. The van der Waals surface area contributed by atoms with Gasteiger partial charge < -0.3 is 10.6 Å². The van der Waals surface area contributed by atoms with Crippen LogP contribution >= 0.6 is 11.6 Å². The summed E-state index contributed by atoms with van der Waals surface area (Å²) in [6.45, 7) is 7.03. The molecule has 2 aromatic carbocycles. The number of amides is 3. The van der Waals surface area contributed by atoms with Gasteiger partial charge in [0.2, 0.25) is 15.9 Å². The van der Waals surface area contributed by atoms with Crippen molar-refractivity contribution < 1.29 is 22.4 Å². The van der Waals surface area contributed by atoms with Crippen molar-refractivity contribution >= 4 is 39.6 Å². The van der Waals surface area contributed by atoms with E-state index in [0.717, 1.165) is 37.1 Å². The van der Waals surface area contributed by atoms with E-state index in [1.54, 1.807) is 24.3 Å². The average molecular weight is 577 g/mol. The molecule has 2 aliphatic heterocycles. The smallest absolute Gasteiger partial charge is 0.325 e. The normalized spacial score (nSPS) is 20.0. The van der Waals surface area contributed by atoms with E-state index in [2.05, 4.69) is 4.90 Å². The predicted molar refractivity (Wildman–Crippen MR) is 150 cm³/mol. The molecule has 2 bridgehead atoms. The molecular formula is C28H34ClFN4O4S. The van der Waals surface area contributed by atoms with Crippen LogP contribution in [0.5, 0.6) is 0 Å². The van der Waals surface area contributed by atoms with Crippen LogP contribution in [-0.2, 0) is 27.8 Å². The summed E-state index contributed by atoms with van der Waals surface area (Å²) >= 11 is 6.36. The summed E-state index contributed by atoms with van der Waals surface area (Å²) in [5.74, 6) is -0.350. The van der Waals surface area contributed by atoms with Crippen LogP contribution in [0.3, 0.4) is 0 Å². The number of carbonyl (C=O) groups excluding carboxylic acids is 2. The van der Waals surface area contributed by atoms with Gasteiger partial charge in [0.05, 0.1) is 4.75 Å². The van der Waals surface area contributed by atoms with E-state index in [9.17, 15) is 22.4 Å². The maximum absolute atomic E-state index is 13.4. The second-order valence-electron chi connectivity index (χ2n) is 11.0. The highest BCUT2D eigenvalue weighted by atomic mass is 35.5. The Morgan fingerprint density at radius 2 is 1.77 bits per heavy atom. The molecule has 2 aliphatic rings. The molecule has 2 saturated heterocycles. The molecule has 3 amide bonds. The molecule has 2 atom stereocenters. The second-order valence-corrected chi connectivity index (χ2v) is 13.7. The fraction of sp³-hybridized carbons (Fsp3) is 0.429. The number of likely N-dealkylation sites (tertiary alicyclic amines) is 1. The molecule has 0 aliphatic carbocycles. The molecule has 39 heavy (non-hydrogen) atoms. The number of primary amides is 1. The van der Waals surface area contributed by atoms with Crippen molar-refractivity contribution in [2.45, 2.75) is 63.4 Å². The first-order valence-electron chi connectivity index (χ1n) is 12.8. The Morgan fingerprint density at radius 1 is 1.15 bits per heavy atom. The van der Waals surface area contributed by atoms with Crippen LogP contribution < -0.4 is 10.5 Å². The zero-order valence-corrected chi connectivity index (χ0v) is 23.9. The van der Waals surface area contributed by atoms with E-state index >= 15 is 0 Å². The number of hydrogen-bond donors (Lipinski definition) is 2. The first-order chi connectivity index (χ1) is 18.3. The van der Waals surface area contributed by atoms with Gasteiger partial charge in [0.1, 0.15) is 5.82 Å². The Morgan fingerprint density at radius 3 is 2.36 bits per heavy atom. The molecule has 2 unspecified atom stereocenters. The van der Waals surface area contributed by atoms with Crippen molar-refractivity contribution in [3.8, 4) is 0 Å². The van der Waals surface area contributed by atoms with Crippen molar-refractivity contribution in [1.82, 2.24) is 14.5 Å². The molecule has 0 saturated carbocycles. The number of halogens is 2. The van der Waals surface area contributed by atoms with Gasteiger partial charge in [-0.3, -0.25) is 9.69 Å². The molecule has 2 heterocycles. The lowest BCUT2D eigenvalue weighted by atomic mass is 9.95. The standard InChI is InChI=1S/C28H34ClFN4O4S/c1-18-12-20(21(13-25(18)29)14-28(2,3)39(37,38)32-27(31)36)6-11-26(35)34-23-9-10-24(34)17-33(16-23)15-19-4-7-22(30)8-5-19/h4-8,11-13,23-24H,9-10,14-17H2,1-3H3,(H3,31,32,36)/b11-6+. The molecule has 0 aromatic heterocycles. The third-order valence-corrected chi connectivity index (χ3v) is 10.0. The minimum absolute atomic E-state index is 0.0385. The summed E-state index contributed by atoms with van der Waals surface area (Å²) in [6.07, 6.45) is 5.13. The number of piperazine rings is 1. The largest absolute Gasteiger partial charge is 0.351 e. The highest BCUT2D eigenvalue weighted by Gasteiger charge is 2.41. The first kappa shape index (κ1) is 29.0. The molecule has 210 valence electrons. The summed E-state index contributed by atoms with van der Waals surface area (Å²) in [5.41, 5.74) is 8.19. The molecule has 8 nitrogen and oxygen atoms in total. The van der Waals surface area contributed by atoms with E-state index in [-0.39, 0.29) is 30.2 Å². The van der Waals surface area contributed by atoms with Gasteiger partial charge in [0, 0.05) is 42.8 Å². The van der Waals surface area contributed by atoms with Gasteiger partial charge in [-0.25, -0.2) is 22.3 Å². The maximum atomic E-state index is 13.4. The molecule has 2 aromatic rings. The Kier molecular flexibility index (Phi) is 8.39. The number of aryl methyl sites for hydroxylation is 1. The number of nitrogens with zero attached hydrogens (tertiary/aromatic N) is 2. The van der Waals surface area contributed by atoms with E-state index in [1.807, 2.05) is 22.6 Å². The van der Waals surface area contributed by atoms with Gasteiger partial charge in [-0.05, 0) is 86.6 Å². The SMILES string of the molecule is Cc1cc(/C=C/C(=O)N2C3CCC2CN(Cc2ccc(F)cc2)C3)c(CC(C)(C)S(=O)(=O)NC(N)=O)cc1Cl. The van der Waals surface area contributed by atoms with E-state index < -0.39 is 20.8 Å². The van der Waals surface area contributed by atoms with E-state index in [4.69, 9.17) is 17.3 Å². The van der Waals surface area contributed by atoms with Gasteiger partial charge in [-0.1, -0.05) is 29.8 Å². The first-order valence-corrected chi connectivity index (χ1v) is 14.7. The quantitative estimate of drug-likeness (QED) is 0.461. The molecule has 2 fully saturated rings. The number of rotatable bonds is 8. The number of nitrogens with two attached hydrogens (primary N) is 1. The van der Waals surface area contributed by atoms with Crippen molar-refractivity contribution in [1.29, 1.82) is 0 Å². The number of fused-ring (bicyclic) bond motifs is 2. The molecule has 0 spiro atoms. The maximum Gasteiger partial charge on any atom is 0.325 e. The molecule has 3 N–H and O–H groups in total. The molecule has 4 rings (SSSR count). The Bertz CT molecular complexity index is 1380. The predicted octanol–water partition coefficient (Wildman–Crippen LogP) is 4.00. The summed E-state index contributed by atoms with van der Waals surface area (Å²) in [4.78, 5) is 28.9. The van der Waals surface area contributed by atoms with Crippen LogP contribution in [-0.4, -0.2) is 60.1 Å². The number of benzene rings is 2. The van der Waals surface area contributed by atoms with Crippen molar-refractivity contribution in [2.24, 2.45) is 5.73 Å². The number of carbonyl (C=O) groups is 2. The Balaban J connectivity index is 1.49. The van der Waals surface area contributed by atoms with Crippen LogP contribution in [0.1, 0.15) is 48.9 Å². The Labute approximate surface area is 234 Å². The second kappa shape index (κ2) is 11.3. The van der Waals surface area contributed by atoms with Crippen LogP contribution in [0.4, 0.5) is 9.18 Å². The minimum atomic E-state index is -4.07. The molecule has 0 radical (unpaired) electrons. The third kappa shape index (κ3) is 6.62. The topological polar surface area (TPSA) is 113 Å². The van der Waals surface area contributed by atoms with E-state index in [0.29, 0.717) is 22.7 Å².